The fraction of sp³-hybridized carbons (Fsp3) is 0.0909. The standard InChI is InChI=1S/C22H17Cl2N3OS/c1-28-20-13-6-5-10-16(20)21-25-26-22(27(21)15-8-3-2-4-9-15)29-14-17-18(23)11-7-12-19(17)24/h2-13H,14H2,1H3. The fourth-order valence-corrected chi connectivity index (χ4v) is 4.68. The van der Waals surface area contributed by atoms with E-state index in [-0.39, 0.29) is 0 Å². The van der Waals surface area contributed by atoms with Crippen molar-refractivity contribution in [1.29, 1.82) is 0 Å². The molecule has 4 rings (SSSR count). The van der Waals surface area contributed by atoms with Crippen molar-refractivity contribution in [3.05, 3.63) is 88.4 Å². The molecule has 0 fully saturated rings. The molecule has 0 amide bonds. The van der Waals surface area contributed by atoms with Crippen molar-refractivity contribution >= 4 is 35.0 Å². The van der Waals surface area contributed by atoms with E-state index in [9.17, 15) is 0 Å². The van der Waals surface area contributed by atoms with Crippen molar-refractivity contribution in [3.63, 3.8) is 0 Å². The van der Waals surface area contributed by atoms with E-state index in [1.807, 2.05) is 77.4 Å². The molecule has 4 nitrogen and oxygen atoms in total. The van der Waals surface area contributed by atoms with Crippen LogP contribution in [0.15, 0.2) is 78.0 Å². The molecule has 0 radical (unpaired) electrons. The van der Waals surface area contributed by atoms with Gasteiger partial charge in [-0.1, -0.05) is 71.4 Å². The van der Waals surface area contributed by atoms with Gasteiger partial charge in [0.25, 0.3) is 0 Å². The van der Waals surface area contributed by atoms with Gasteiger partial charge in [0, 0.05) is 21.5 Å². The number of nitrogens with zero attached hydrogens (tertiary/aromatic N) is 3. The van der Waals surface area contributed by atoms with Crippen molar-refractivity contribution < 1.29 is 4.74 Å². The Morgan fingerprint density at radius 2 is 1.55 bits per heavy atom. The Morgan fingerprint density at radius 1 is 0.862 bits per heavy atom. The first kappa shape index (κ1) is 19.8. The number of benzene rings is 3. The molecule has 7 heteroatoms. The Labute approximate surface area is 183 Å². The highest BCUT2D eigenvalue weighted by molar-refractivity contribution is 7.98. The van der Waals surface area contributed by atoms with Crippen LogP contribution in [0.25, 0.3) is 17.1 Å². The van der Waals surface area contributed by atoms with E-state index >= 15 is 0 Å². The number of hydrogen-bond donors (Lipinski definition) is 0. The van der Waals surface area contributed by atoms with E-state index in [0.29, 0.717) is 21.6 Å². The van der Waals surface area contributed by atoms with E-state index in [1.165, 1.54) is 11.8 Å². The van der Waals surface area contributed by atoms with Crippen molar-refractivity contribution in [1.82, 2.24) is 14.8 Å². The summed E-state index contributed by atoms with van der Waals surface area (Å²) in [5.41, 5.74) is 2.71. The van der Waals surface area contributed by atoms with Gasteiger partial charge in [0.15, 0.2) is 11.0 Å². The average molecular weight is 442 g/mol. The van der Waals surface area contributed by atoms with E-state index in [2.05, 4.69) is 10.2 Å². The minimum Gasteiger partial charge on any atom is -0.496 e. The van der Waals surface area contributed by atoms with Crippen LogP contribution in [0.5, 0.6) is 5.75 Å². The van der Waals surface area contributed by atoms with Gasteiger partial charge in [-0.2, -0.15) is 0 Å². The van der Waals surface area contributed by atoms with Crippen LogP contribution in [-0.2, 0) is 5.75 Å². The molecule has 3 aromatic carbocycles. The second-order valence-corrected chi connectivity index (χ2v) is 7.92. The van der Waals surface area contributed by atoms with Crippen molar-refractivity contribution in [3.8, 4) is 22.8 Å². The molecule has 0 unspecified atom stereocenters. The molecule has 0 aliphatic carbocycles. The van der Waals surface area contributed by atoms with Gasteiger partial charge in [0.2, 0.25) is 0 Å². The second kappa shape index (κ2) is 8.91. The molecule has 4 aromatic rings. The van der Waals surface area contributed by atoms with Gasteiger partial charge in [-0.15, -0.1) is 10.2 Å². The lowest BCUT2D eigenvalue weighted by Gasteiger charge is -2.13. The second-order valence-electron chi connectivity index (χ2n) is 6.17. The number of ether oxygens (including phenoxy) is 1. The lowest BCUT2D eigenvalue weighted by Crippen LogP contribution is -2.01. The number of methoxy groups -OCH3 is 1. The van der Waals surface area contributed by atoms with Gasteiger partial charge in [-0.05, 0) is 42.0 Å². The summed E-state index contributed by atoms with van der Waals surface area (Å²) in [5.74, 6) is 2.03. The summed E-state index contributed by atoms with van der Waals surface area (Å²) in [6.45, 7) is 0. The third kappa shape index (κ3) is 4.13. The molecule has 0 aliphatic heterocycles. The van der Waals surface area contributed by atoms with E-state index in [4.69, 9.17) is 27.9 Å². The van der Waals surface area contributed by atoms with Gasteiger partial charge in [-0.3, -0.25) is 4.57 Å². The fourth-order valence-electron chi connectivity index (χ4n) is 2.98. The van der Waals surface area contributed by atoms with Crippen molar-refractivity contribution in [2.24, 2.45) is 0 Å². The molecule has 1 aromatic heterocycles. The normalized spacial score (nSPS) is 10.9. The molecule has 0 saturated carbocycles. The predicted octanol–water partition coefficient (Wildman–Crippen LogP) is 6.54. The first-order valence-electron chi connectivity index (χ1n) is 8.89. The molecule has 0 atom stereocenters. The van der Waals surface area contributed by atoms with Gasteiger partial charge in [-0.25, -0.2) is 0 Å². The first-order valence-corrected chi connectivity index (χ1v) is 10.6. The quantitative estimate of drug-likeness (QED) is 0.318. The molecule has 0 N–H and O–H groups in total. The lowest BCUT2D eigenvalue weighted by atomic mass is 10.2. The summed E-state index contributed by atoms with van der Waals surface area (Å²) in [4.78, 5) is 0. The average Bonchev–Trinajstić information content (AvgIpc) is 3.17. The Balaban J connectivity index is 1.78. The van der Waals surface area contributed by atoms with Gasteiger partial charge in [0.1, 0.15) is 5.75 Å². The topological polar surface area (TPSA) is 39.9 Å². The molecule has 146 valence electrons. The molecular weight excluding hydrogens is 425 g/mol. The minimum atomic E-state index is 0.579. The first-order chi connectivity index (χ1) is 14.2. The number of halogens is 2. The van der Waals surface area contributed by atoms with Crippen molar-refractivity contribution in [2.75, 3.05) is 7.11 Å². The van der Waals surface area contributed by atoms with E-state index in [0.717, 1.165) is 27.7 Å². The predicted molar refractivity (Wildman–Crippen MR) is 119 cm³/mol. The van der Waals surface area contributed by atoms with Crippen LogP contribution in [0.1, 0.15) is 5.56 Å². The van der Waals surface area contributed by atoms with Crippen LogP contribution in [0.4, 0.5) is 0 Å². The highest BCUT2D eigenvalue weighted by Crippen LogP contribution is 2.36. The Morgan fingerprint density at radius 3 is 2.28 bits per heavy atom. The zero-order valence-corrected chi connectivity index (χ0v) is 17.9. The van der Waals surface area contributed by atoms with Gasteiger partial charge < -0.3 is 4.74 Å². The Kier molecular flexibility index (Phi) is 6.09. The Bertz CT molecular complexity index is 1110. The molecular formula is C22H17Cl2N3OS. The summed E-state index contributed by atoms with van der Waals surface area (Å²) >= 11 is 14.2. The molecule has 0 spiro atoms. The third-order valence-electron chi connectivity index (χ3n) is 4.40. The number of thioether (sulfide) groups is 1. The summed E-state index contributed by atoms with van der Waals surface area (Å²) in [6.07, 6.45) is 0. The smallest absolute Gasteiger partial charge is 0.196 e. The molecule has 0 saturated heterocycles. The number of hydrogen-bond acceptors (Lipinski definition) is 4. The Hall–Kier alpha value is -2.47. The van der Waals surface area contributed by atoms with Crippen LogP contribution in [0.2, 0.25) is 10.0 Å². The molecule has 29 heavy (non-hydrogen) atoms. The van der Waals surface area contributed by atoms with E-state index in [1.54, 1.807) is 7.11 Å². The summed E-state index contributed by atoms with van der Waals surface area (Å²) in [7, 11) is 1.65. The van der Waals surface area contributed by atoms with Gasteiger partial charge in [0.05, 0.1) is 12.7 Å². The van der Waals surface area contributed by atoms with Gasteiger partial charge >= 0.3 is 0 Å². The summed E-state index contributed by atoms with van der Waals surface area (Å²) in [5, 5.41) is 11.0. The summed E-state index contributed by atoms with van der Waals surface area (Å²) < 4.78 is 7.56. The van der Waals surface area contributed by atoms with Crippen molar-refractivity contribution in [2.45, 2.75) is 10.9 Å². The summed E-state index contributed by atoms with van der Waals surface area (Å²) in [6, 6.07) is 23.3. The minimum absolute atomic E-state index is 0.579. The number of para-hydroxylation sites is 2. The highest BCUT2D eigenvalue weighted by Gasteiger charge is 2.19. The van der Waals surface area contributed by atoms with Crippen LogP contribution < -0.4 is 4.74 Å². The monoisotopic (exact) mass is 441 g/mol. The number of aromatic nitrogens is 3. The molecule has 1 heterocycles. The maximum absolute atomic E-state index is 6.34. The van der Waals surface area contributed by atoms with Crippen LogP contribution in [0.3, 0.4) is 0 Å². The van der Waals surface area contributed by atoms with Crippen LogP contribution >= 0.6 is 35.0 Å². The highest BCUT2D eigenvalue weighted by atomic mass is 35.5. The molecule has 0 aliphatic rings. The van der Waals surface area contributed by atoms with Crippen LogP contribution in [-0.4, -0.2) is 21.9 Å². The maximum Gasteiger partial charge on any atom is 0.196 e. The molecule has 0 bridgehead atoms. The number of rotatable bonds is 6. The largest absolute Gasteiger partial charge is 0.496 e. The van der Waals surface area contributed by atoms with E-state index < -0.39 is 0 Å². The SMILES string of the molecule is COc1ccccc1-c1nnc(SCc2c(Cl)cccc2Cl)n1-c1ccccc1. The zero-order chi connectivity index (χ0) is 20.2. The van der Waals surface area contributed by atoms with Crippen LogP contribution in [0, 0.1) is 0 Å². The lowest BCUT2D eigenvalue weighted by molar-refractivity contribution is 0.416. The zero-order valence-electron chi connectivity index (χ0n) is 15.5. The maximum atomic E-state index is 6.34. The third-order valence-corrected chi connectivity index (χ3v) is 6.07.